The van der Waals surface area contributed by atoms with Crippen molar-refractivity contribution in [2.75, 3.05) is 33.4 Å². The van der Waals surface area contributed by atoms with Crippen molar-refractivity contribution in [2.45, 2.75) is 45.1 Å². The Hall–Kier alpha value is -1.30. The molecule has 2 amide bonds. The Labute approximate surface area is 120 Å². The van der Waals surface area contributed by atoms with E-state index in [4.69, 9.17) is 4.74 Å². The minimum atomic E-state index is -0.202. The van der Waals surface area contributed by atoms with Crippen LogP contribution >= 0.6 is 0 Å². The van der Waals surface area contributed by atoms with E-state index in [1.165, 1.54) is 7.11 Å². The standard InChI is InChI=1S/C14H26N2O4/c1-3-20-12-7-6-10-16(11-12)14(18)15-9-5-4-8-13(17)19-2/h12H,3-11H2,1-2H3,(H,15,18). The molecule has 0 radical (unpaired) electrons. The summed E-state index contributed by atoms with van der Waals surface area (Å²) in [6, 6.07) is -0.0347. The molecule has 116 valence electrons. The number of urea groups is 1. The lowest BCUT2D eigenvalue weighted by atomic mass is 10.1. The van der Waals surface area contributed by atoms with Gasteiger partial charge in [0.25, 0.3) is 0 Å². The Morgan fingerprint density at radius 2 is 2.15 bits per heavy atom. The highest BCUT2D eigenvalue weighted by molar-refractivity contribution is 5.74. The molecular weight excluding hydrogens is 260 g/mol. The van der Waals surface area contributed by atoms with Crippen molar-refractivity contribution in [3.8, 4) is 0 Å². The number of esters is 1. The average molecular weight is 286 g/mol. The smallest absolute Gasteiger partial charge is 0.317 e. The van der Waals surface area contributed by atoms with Gasteiger partial charge in [0.2, 0.25) is 0 Å². The molecule has 1 saturated heterocycles. The van der Waals surface area contributed by atoms with Gasteiger partial charge in [-0.1, -0.05) is 0 Å². The number of likely N-dealkylation sites (tertiary alicyclic amines) is 1. The van der Waals surface area contributed by atoms with E-state index in [0.717, 1.165) is 32.2 Å². The van der Waals surface area contributed by atoms with E-state index in [2.05, 4.69) is 10.1 Å². The van der Waals surface area contributed by atoms with Gasteiger partial charge in [-0.2, -0.15) is 0 Å². The van der Waals surface area contributed by atoms with Crippen LogP contribution < -0.4 is 5.32 Å². The van der Waals surface area contributed by atoms with Crippen LogP contribution in [0.5, 0.6) is 0 Å². The number of amides is 2. The van der Waals surface area contributed by atoms with Crippen LogP contribution in [0.2, 0.25) is 0 Å². The fraction of sp³-hybridized carbons (Fsp3) is 0.857. The third-order valence-electron chi connectivity index (χ3n) is 3.38. The lowest BCUT2D eigenvalue weighted by molar-refractivity contribution is -0.140. The molecule has 0 aromatic heterocycles. The molecule has 0 aromatic carbocycles. The fourth-order valence-corrected chi connectivity index (χ4v) is 2.30. The molecule has 1 fully saturated rings. The average Bonchev–Trinajstić information content (AvgIpc) is 2.47. The summed E-state index contributed by atoms with van der Waals surface area (Å²) in [4.78, 5) is 24.7. The van der Waals surface area contributed by atoms with Crippen LogP contribution in [0.25, 0.3) is 0 Å². The number of nitrogens with one attached hydrogen (secondary N) is 1. The maximum Gasteiger partial charge on any atom is 0.317 e. The quantitative estimate of drug-likeness (QED) is 0.569. The Bertz CT molecular complexity index is 308. The summed E-state index contributed by atoms with van der Waals surface area (Å²) < 4.78 is 10.1. The normalized spacial score (nSPS) is 18.7. The molecule has 20 heavy (non-hydrogen) atoms. The van der Waals surface area contributed by atoms with Gasteiger partial charge in [0.15, 0.2) is 0 Å². The molecule has 1 atom stereocenters. The van der Waals surface area contributed by atoms with Crippen LogP contribution in [0, 0.1) is 0 Å². The number of unbranched alkanes of at least 4 members (excludes halogenated alkanes) is 1. The van der Waals surface area contributed by atoms with Gasteiger partial charge in [0.05, 0.1) is 13.2 Å². The molecule has 1 heterocycles. The first-order valence-electron chi connectivity index (χ1n) is 7.38. The van der Waals surface area contributed by atoms with Crippen molar-refractivity contribution in [2.24, 2.45) is 0 Å². The van der Waals surface area contributed by atoms with Crippen molar-refractivity contribution in [1.82, 2.24) is 10.2 Å². The predicted molar refractivity (Wildman–Crippen MR) is 75.5 cm³/mol. The second-order valence-corrected chi connectivity index (χ2v) is 4.93. The molecule has 6 nitrogen and oxygen atoms in total. The molecule has 1 N–H and O–H groups in total. The van der Waals surface area contributed by atoms with Crippen LogP contribution in [0.15, 0.2) is 0 Å². The van der Waals surface area contributed by atoms with Crippen molar-refractivity contribution >= 4 is 12.0 Å². The lowest BCUT2D eigenvalue weighted by Crippen LogP contribution is -2.48. The van der Waals surface area contributed by atoms with Gasteiger partial charge in [-0.15, -0.1) is 0 Å². The molecule has 6 heteroatoms. The van der Waals surface area contributed by atoms with E-state index in [1.807, 2.05) is 11.8 Å². The fourth-order valence-electron chi connectivity index (χ4n) is 2.30. The molecular formula is C14H26N2O4. The highest BCUT2D eigenvalue weighted by Crippen LogP contribution is 2.13. The minimum Gasteiger partial charge on any atom is -0.469 e. The zero-order valence-electron chi connectivity index (χ0n) is 12.5. The third-order valence-corrected chi connectivity index (χ3v) is 3.38. The van der Waals surface area contributed by atoms with Gasteiger partial charge in [0, 0.05) is 32.7 Å². The molecule has 1 aliphatic heterocycles. The van der Waals surface area contributed by atoms with Crippen molar-refractivity contribution < 1.29 is 19.1 Å². The van der Waals surface area contributed by atoms with E-state index in [-0.39, 0.29) is 18.1 Å². The second kappa shape index (κ2) is 9.58. The number of piperidine rings is 1. The second-order valence-electron chi connectivity index (χ2n) is 4.93. The van der Waals surface area contributed by atoms with Crippen LogP contribution in [0.1, 0.15) is 39.0 Å². The van der Waals surface area contributed by atoms with Crippen molar-refractivity contribution in [3.05, 3.63) is 0 Å². The van der Waals surface area contributed by atoms with E-state index in [0.29, 0.717) is 26.1 Å². The molecule has 0 bridgehead atoms. The Morgan fingerprint density at radius 1 is 1.35 bits per heavy atom. The van der Waals surface area contributed by atoms with Gasteiger partial charge in [-0.05, 0) is 32.6 Å². The number of hydrogen-bond donors (Lipinski definition) is 1. The first-order valence-corrected chi connectivity index (χ1v) is 7.38. The van der Waals surface area contributed by atoms with E-state index < -0.39 is 0 Å². The van der Waals surface area contributed by atoms with E-state index in [1.54, 1.807) is 0 Å². The van der Waals surface area contributed by atoms with Gasteiger partial charge in [-0.3, -0.25) is 4.79 Å². The third kappa shape index (κ3) is 6.23. The van der Waals surface area contributed by atoms with Crippen molar-refractivity contribution in [1.29, 1.82) is 0 Å². The Kier molecular flexibility index (Phi) is 8.02. The van der Waals surface area contributed by atoms with Gasteiger partial charge < -0.3 is 19.7 Å². The summed E-state index contributed by atoms with van der Waals surface area (Å²) in [6.45, 7) is 4.71. The topological polar surface area (TPSA) is 67.9 Å². The summed E-state index contributed by atoms with van der Waals surface area (Å²) in [5.41, 5.74) is 0. The number of nitrogens with zero attached hydrogens (tertiary/aromatic N) is 1. The molecule has 1 unspecified atom stereocenters. The number of carbonyl (C=O) groups is 2. The molecule has 0 aliphatic carbocycles. The molecule has 1 rings (SSSR count). The SMILES string of the molecule is CCOC1CCCN(C(=O)NCCCCC(=O)OC)C1. The summed E-state index contributed by atoms with van der Waals surface area (Å²) in [6.07, 6.45) is 4.09. The minimum absolute atomic E-state index is 0.0347. The highest BCUT2D eigenvalue weighted by Gasteiger charge is 2.23. The first-order chi connectivity index (χ1) is 9.67. The zero-order chi connectivity index (χ0) is 14.8. The number of ether oxygens (including phenoxy) is 2. The number of carbonyl (C=O) groups excluding carboxylic acids is 2. The zero-order valence-corrected chi connectivity index (χ0v) is 12.5. The first kappa shape index (κ1) is 16.8. The maximum absolute atomic E-state index is 12.0. The van der Waals surface area contributed by atoms with Crippen LogP contribution in [-0.2, 0) is 14.3 Å². The summed E-state index contributed by atoms with van der Waals surface area (Å²) in [5.74, 6) is -0.202. The molecule has 0 aromatic rings. The Balaban J connectivity index is 2.14. The largest absolute Gasteiger partial charge is 0.469 e. The lowest BCUT2D eigenvalue weighted by Gasteiger charge is -2.32. The highest BCUT2D eigenvalue weighted by atomic mass is 16.5. The summed E-state index contributed by atoms with van der Waals surface area (Å²) in [5, 5.41) is 2.89. The molecule has 0 spiro atoms. The number of methoxy groups -OCH3 is 1. The van der Waals surface area contributed by atoms with Crippen LogP contribution in [-0.4, -0.2) is 56.4 Å². The van der Waals surface area contributed by atoms with Crippen molar-refractivity contribution in [3.63, 3.8) is 0 Å². The van der Waals surface area contributed by atoms with Gasteiger partial charge >= 0.3 is 12.0 Å². The Morgan fingerprint density at radius 3 is 2.85 bits per heavy atom. The van der Waals surface area contributed by atoms with Gasteiger partial charge in [0.1, 0.15) is 0 Å². The molecule has 1 aliphatic rings. The number of hydrogen-bond acceptors (Lipinski definition) is 4. The van der Waals surface area contributed by atoms with Crippen LogP contribution in [0.3, 0.4) is 0 Å². The molecule has 0 saturated carbocycles. The van der Waals surface area contributed by atoms with Crippen LogP contribution in [0.4, 0.5) is 4.79 Å². The maximum atomic E-state index is 12.0. The summed E-state index contributed by atoms with van der Waals surface area (Å²) >= 11 is 0. The van der Waals surface area contributed by atoms with Gasteiger partial charge in [-0.25, -0.2) is 4.79 Å². The summed E-state index contributed by atoms with van der Waals surface area (Å²) in [7, 11) is 1.38. The monoisotopic (exact) mass is 286 g/mol. The van der Waals surface area contributed by atoms with E-state index in [9.17, 15) is 9.59 Å². The van der Waals surface area contributed by atoms with E-state index >= 15 is 0 Å². The number of rotatable bonds is 7. The predicted octanol–water partition coefficient (Wildman–Crippen LogP) is 1.54.